The van der Waals surface area contributed by atoms with Crippen LogP contribution in [0.2, 0.25) is 0 Å². The number of amides is 2. The minimum atomic E-state index is -4.50. The predicted molar refractivity (Wildman–Crippen MR) is 127 cm³/mol. The molecule has 1 fully saturated rings. The molecule has 0 saturated carbocycles. The van der Waals surface area contributed by atoms with Crippen molar-refractivity contribution in [1.82, 2.24) is 9.88 Å². The third-order valence-electron chi connectivity index (χ3n) is 6.07. The van der Waals surface area contributed by atoms with E-state index < -0.39 is 23.6 Å². The number of primary amides is 2. The van der Waals surface area contributed by atoms with Gasteiger partial charge in [0.15, 0.2) is 0 Å². The highest BCUT2D eigenvalue weighted by Crippen LogP contribution is 2.35. The predicted octanol–water partition coefficient (Wildman–Crippen LogP) is 4.36. The lowest BCUT2D eigenvalue weighted by molar-refractivity contribution is -0.137. The van der Waals surface area contributed by atoms with Gasteiger partial charge in [0, 0.05) is 24.2 Å². The van der Waals surface area contributed by atoms with Gasteiger partial charge < -0.3 is 16.2 Å². The molecule has 188 valence electrons. The van der Waals surface area contributed by atoms with E-state index in [1.165, 1.54) is 12.1 Å². The fraction of sp³-hybridized carbons (Fsp3) is 0.269. The van der Waals surface area contributed by atoms with Crippen LogP contribution in [0.4, 0.5) is 13.2 Å². The molecule has 3 aromatic rings. The number of nitrogens with zero attached hydrogens (tertiary/aromatic N) is 2. The number of nitrogens with two attached hydrogens (primary N) is 2. The number of ether oxygens (including phenoxy) is 1. The van der Waals surface area contributed by atoms with E-state index in [4.69, 9.17) is 16.2 Å². The maximum absolute atomic E-state index is 13.4. The Hall–Kier alpha value is -3.92. The van der Waals surface area contributed by atoms with Gasteiger partial charge in [0.25, 0.3) is 5.91 Å². The second-order valence-corrected chi connectivity index (χ2v) is 8.70. The normalized spacial score (nSPS) is 16.5. The summed E-state index contributed by atoms with van der Waals surface area (Å²) < 4.78 is 46.2. The first-order valence-corrected chi connectivity index (χ1v) is 11.4. The van der Waals surface area contributed by atoms with Crippen molar-refractivity contribution in [2.75, 3.05) is 13.1 Å². The van der Waals surface area contributed by atoms with Crippen LogP contribution in [0, 0.1) is 5.92 Å². The smallest absolute Gasteiger partial charge is 0.416 e. The van der Waals surface area contributed by atoms with Gasteiger partial charge in [0.05, 0.1) is 17.2 Å². The van der Waals surface area contributed by atoms with E-state index in [9.17, 15) is 22.8 Å². The highest BCUT2D eigenvalue weighted by Gasteiger charge is 2.32. The van der Waals surface area contributed by atoms with Gasteiger partial charge in [-0.2, -0.15) is 13.2 Å². The number of carbonyl (C=O) groups is 2. The zero-order valence-electron chi connectivity index (χ0n) is 19.3. The van der Waals surface area contributed by atoms with Crippen molar-refractivity contribution in [2.24, 2.45) is 17.4 Å². The van der Waals surface area contributed by atoms with E-state index in [0.717, 1.165) is 18.6 Å². The maximum Gasteiger partial charge on any atom is 0.416 e. The van der Waals surface area contributed by atoms with Crippen LogP contribution in [0.15, 0.2) is 60.7 Å². The minimum Gasteiger partial charge on any atom is -0.457 e. The largest absolute Gasteiger partial charge is 0.457 e. The van der Waals surface area contributed by atoms with Crippen molar-refractivity contribution < 1.29 is 27.5 Å². The van der Waals surface area contributed by atoms with Gasteiger partial charge >= 0.3 is 6.18 Å². The highest BCUT2D eigenvalue weighted by molar-refractivity contribution is 5.91. The van der Waals surface area contributed by atoms with Crippen LogP contribution < -0.4 is 16.2 Å². The molecular weight excluding hydrogens is 473 g/mol. The summed E-state index contributed by atoms with van der Waals surface area (Å²) in [6.45, 7) is 1.22. The molecule has 1 saturated heterocycles. The van der Waals surface area contributed by atoms with Crippen molar-refractivity contribution in [1.29, 1.82) is 0 Å². The first-order valence-electron chi connectivity index (χ1n) is 11.4. The number of benzene rings is 2. The SMILES string of the molecule is NC(=O)c1cccc(-c2ccc(Oc3ccc(C(F)(F)F)cc3CN3CCCC(C(N)=O)C3)cc2)n1. The Morgan fingerprint density at radius 2 is 1.81 bits per heavy atom. The van der Waals surface area contributed by atoms with Crippen LogP contribution in [-0.4, -0.2) is 34.8 Å². The minimum absolute atomic E-state index is 0.138. The number of aromatic nitrogens is 1. The molecule has 10 heteroatoms. The van der Waals surface area contributed by atoms with Gasteiger partial charge in [0.1, 0.15) is 17.2 Å². The van der Waals surface area contributed by atoms with E-state index in [0.29, 0.717) is 42.1 Å². The molecule has 2 amide bonds. The maximum atomic E-state index is 13.4. The monoisotopic (exact) mass is 498 g/mol. The number of alkyl halides is 3. The fourth-order valence-corrected chi connectivity index (χ4v) is 4.20. The first kappa shape index (κ1) is 25.2. The number of carbonyl (C=O) groups excluding carboxylic acids is 2. The Morgan fingerprint density at radius 3 is 2.47 bits per heavy atom. The van der Waals surface area contributed by atoms with Crippen molar-refractivity contribution >= 4 is 11.8 Å². The number of pyridine rings is 1. The molecule has 4 rings (SSSR count). The van der Waals surface area contributed by atoms with Crippen molar-refractivity contribution in [3.8, 4) is 22.8 Å². The summed E-state index contributed by atoms with van der Waals surface area (Å²) >= 11 is 0. The number of hydrogen-bond donors (Lipinski definition) is 2. The van der Waals surface area contributed by atoms with Gasteiger partial charge in [0.2, 0.25) is 5.91 Å². The summed E-state index contributed by atoms with van der Waals surface area (Å²) in [5.41, 5.74) is 11.7. The second kappa shape index (κ2) is 10.4. The Kier molecular flexibility index (Phi) is 7.25. The van der Waals surface area contributed by atoms with Gasteiger partial charge in [-0.25, -0.2) is 4.98 Å². The molecule has 1 aliphatic heterocycles. The summed E-state index contributed by atoms with van der Waals surface area (Å²) in [5.74, 6) is -0.674. The van der Waals surface area contributed by atoms with Crippen LogP contribution in [0.25, 0.3) is 11.3 Å². The molecule has 1 unspecified atom stereocenters. The van der Waals surface area contributed by atoms with Gasteiger partial charge in [-0.3, -0.25) is 14.5 Å². The zero-order chi connectivity index (χ0) is 25.9. The average molecular weight is 499 g/mol. The molecule has 2 heterocycles. The van der Waals surface area contributed by atoms with Crippen LogP contribution in [0.5, 0.6) is 11.5 Å². The molecule has 36 heavy (non-hydrogen) atoms. The number of likely N-dealkylation sites (tertiary alicyclic amines) is 1. The quantitative estimate of drug-likeness (QED) is 0.503. The Bertz CT molecular complexity index is 1260. The third kappa shape index (κ3) is 6.01. The number of piperidine rings is 1. The molecule has 0 radical (unpaired) electrons. The van der Waals surface area contributed by atoms with Gasteiger partial charge in [-0.05, 0) is 74.0 Å². The van der Waals surface area contributed by atoms with Gasteiger partial charge in [-0.1, -0.05) is 6.07 Å². The fourth-order valence-electron chi connectivity index (χ4n) is 4.20. The molecule has 0 bridgehead atoms. The third-order valence-corrected chi connectivity index (χ3v) is 6.07. The molecule has 1 aromatic heterocycles. The molecule has 2 aromatic carbocycles. The summed E-state index contributed by atoms with van der Waals surface area (Å²) in [6, 6.07) is 15.1. The zero-order valence-corrected chi connectivity index (χ0v) is 19.3. The van der Waals surface area contributed by atoms with Crippen LogP contribution >= 0.6 is 0 Å². The Balaban J connectivity index is 1.57. The van der Waals surface area contributed by atoms with Crippen molar-refractivity contribution in [2.45, 2.75) is 25.6 Å². The summed E-state index contributed by atoms with van der Waals surface area (Å²) in [6.07, 6.45) is -3.10. The molecule has 0 spiro atoms. The molecule has 4 N–H and O–H groups in total. The standard InChI is InChI=1S/C26H25F3N4O3/c27-26(28,29)19-8-11-23(18(13-19)15-33-12-2-3-17(14-33)24(30)34)36-20-9-6-16(7-10-20)21-4-1-5-22(32-21)25(31)35/h1,4-11,13,17H,2-3,12,14-15H2,(H2,30,34)(H2,31,35). The summed E-state index contributed by atoms with van der Waals surface area (Å²) in [5, 5.41) is 0. The molecule has 1 aliphatic rings. The Labute approximate surface area is 205 Å². The van der Waals surface area contributed by atoms with Crippen LogP contribution in [0.3, 0.4) is 0 Å². The number of halogens is 3. The van der Waals surface area contributed by atoms with Crippen molar-refractivity contribution in [3.05, 3.63) is 77.5 Å². The lowest BCUT2D eigenvalue weighted by atomic mass is 9.97. The topological polar surface area (TPSA) is 112 Å². The number of rotatable bonds is 7. The van der Waals surface area contributed by atoms with Gasteiger partial charge in [-0.15, -0.1) is 0 Å². The highest BCUT2D eigenvalue weighted by atomic mass is 19.4. The van der Waals surface area contributed by atoms with E-state index in [2.05, 4.69) is 4.98 Å². The molecule has 0 aliphatic carbocycles. The van der Waals surface area contributed by atoms with Crippen LogP contribution in [-0.2, 0) is 17.5 Å². The van der Waals surface area contributed by atoms with E-state index in [1.54, 1.807) is 36.4 Å². The molecule has 7 nitrogen and oxygen atoms in total. The van der Waals surface area contributed by atoms with E-state index in [-0.39, 0.29) is 23.9 Å². The first-order chi connectivity index (χ1) is 17.1. The second-order valence-electron chi connectivity index (χ2n) is 8.70. The van der Waals surface area contributed by atoms with E-state index in [1.807, 2.05) is 4.90 Å². The van der Waals surface area contributed by atoms with Crippen molar-refractivity contribution in [3.63, 3.8) is 0 Å². The molecular formula is C26H25F3N4O3. The lowest BCUT2D eigenvalue weighted by Crippen LogP contribution is -2.40. The van der Waals surface area contributed by atoms with E-state index >= 15 is 0 Å². The number of hydrogen-bond acceptors (Lipinski definition) is 5. The average Bonchev–Trinajstić information content (AvgIpc) is 2.85. The Morgan fingerprint density at radius 1 is 1.06 bits per heavy atom. The van der Waals surface area contributed by atoms with Crippen LogP contribution in [0.1, 0.15) is 34.5 Å². The lowest BCUT2D eigenvalue weighted by Gasteiger charge is -2.31. The summed E-state index contributed by atoms with van der Waals surface area (Å²) in [7, 11) is 0. The summed E-state index contributed by atoms with van der Waals surface area (Å²) in [4.78, 5) is 29.2. The molecule has 1 atom stereocenters.